The molecule has 0 saturated heterocycles. The van der Waals surface area contributed by atoms with E-state index < -0.39 is 5.97 Å². The van der Waals surface area contributed by atoms with Crippen LogP contribution >= 0.6 is 0 Å². The van der Waals surface area contributed by atoms with Gasteiger partial charge in [0.1, 0.15) is 11.9 Å². The molecular formula is C20H26O4. The van der Waals surface area contributed by atoms with Crippen LogP contribution in [-0.4, -0.2) is 18.0 Å². The molecule has 0 bridgehead atoms. The van der Waals surface area contributed by atoms with Crippen molar-refractivity contribution in [1.82, 2.24) is 0 Å². The number of hydrogen-bond acceptors (Lipinski definition) is 4. The van der Waals surface area contributed by atoms with Gasteiger partial charge in [0.25, 0.3) is 0 Å². The van der Waals surface area contributed by atoms with E-state index in [4.69, 9.17) is 9.47 Å². The minimum atomic E-state index is -0.479. The summed E-state index contributed by atoms with van der Waals surface area (Å²) in [6.07, 6.45) is 4.27. The molecular weight excluding hydrogens is 304 g/mol. The molecule has 4 heteroatoms. The molecule has 0 N–H and O–H groups in total. The third-order valence-electron chi connectivity index (χ3n) is 4.62. The smallest absolute Gasteiger partial charge is 0.338 e. The van der Waals surface area contributed by atoms with Crippen LogP contribution in [0.4, 0.5) is 0 Å². The molecule has 0 spiro atoms. The second-order valence-electron chi connectivity index (χ2n) is 6.72. The maximum absolute atomic E-state index is 12.4. The van der Waals surface area contributed by atoms with Gasteiger partial charge in [-0.25, -0.2) is 9.59 Å². The zero-order valence-electron chi connectivity index (χ0n) is 14.7. The lowest BCUT2D eigenvalue weighted by atomic mass is 9.79. The summed E-state index contributed by atoms with van der Waals surface area (Å²) in [6, 6.07) is 6.43. The topological polar surface area (TPSA) is 52.6 Å². The van der Waals surface area contributed by atoms with Crippen LogP contribution in [0.1, 0.15) is 56.8 Å². The standard InChI is InChI=1S/C20H26O4/c1-5-15-7-6-14(4)12-18(15)24-20(22)16-8-10-17(11-9-16)23-19(21)13(2)3/h8-11,14-15,18H,2,5-7,12H2,1,3-4H3. The second kappa shape index (κ2) is 8.13. The molecule has 1 aromatic carbocycles. The highest BCUT2D eigenvalue weighted by Gasteiger charge is 2.30. The van der Waals surface area contributed by atoms with Crippen molar-refractivity contribution >= 4 is 11.9 Å². The molecule has 0 aromatic heterocycles. The van der Waals surface area contributed by atoms with E-state index in [0.29, 0.717) is 28.7 Å². The Kier molecular flexibility index (Phi) is 6.18. The van der Waals surface area contributed by atoms with Gasteiger partial charge in [-0.3, -0.25) is 0 Å². The van der Waals surface area contributed by atoms with Gasteiger partial charge < -0.3 is 9.47 Å². The van der Waals surface area contributed by atoms with Gasteiger partial charge in [0.05, 0.1) is 5.56 Å². The maximum Gasteiger partial charge on any atom is 0.338 e. The van der Waals surface area contributed by atoms with E-state index in [0.717, 1.165) is 19.3 Å². The van der Waals surface area contributed by atoms with E-state index in [1.54, 1.807) is 31.2 Å². The fourth-order valence-corrected chi connectivity index (χ4v) is 3.06. The van der Waals surface area contributed by atoms with E-state index in [1.807, 2.05) is 0 Å². The summed E-state index contributed by atoms with van der Waals surface area (Å²) in [7, 11) is 0. The zero-order valence-corrected chi connectivity index (χ0v) is 14.7. The molecule has 1 aliphatic rings. The van der Waals surface area contributed by atoms with Crippen molar-refractivity contribution in [2.24, 2.45) is 11.8 Å². The van der Waals surface area contributed by atoms with E-state index in [9.17, 15) is 9.59 Å². The fourth-order valence-electron chi connectivity index (χ4n) is 3.06. The number of esters is 2. The predicted molar refractivity (Wildman–Crippen MR) is 92.9 cm³/mol. The third kappa shape index (κ3) is 4.70. The average molecular weight is 330 g/mol. The van der Waals surface area contributed by atoms with E-state index >= 15 is 0 Å². The number of ether oxygens (including phenoxy) is 2. The number of rotatable bonds is 5. The third-order valence-corrected chi connectivity index (χ3v) is 4.62. The number of hydrogen-bond donors (Lipinski definition) is 0. The van der Waals surface area contributed by atoms with Gasteiger partial charge in [0.15, 0.2) is 0 Å². The van der Waals surface area contributed by atoms with Gasteiger partial charge in [0, 0.05) is 5.57 Å². The first-order chi connectivity index (χ1) is 11.4. The van der Waals surface area contributed by atoms with E-state index in [1.165, 1.54) is 6.42 Å². The molecule has 0 radical (unpaired) electrons. The van der Waals surface area contributed by atoms with Crippen molar-refractivity contribution < 1.29 is 19.1 Å². The molecule has 130 valence electrons. The fraction of sp³-hybridized carbons (Fsp3) is 0.500. The van der Waals surface area contributed by atoms with Gasteiger partial charge in [-0.1, -0.05) is 26.8 Å². The Morgan fingerprint density at radius 1 is 1.21 bits per heavy atom. The minimum absolute atomic E-state index is 0.00725. The highest BCUT2D eigenvalue weighted by molar-refractivity contribution is 5.90. The summed E-state index contributed by atoms with van der Waals surface area (Å²) in [4.78, 5) is 23.9. The van der Waals surface area contributed by atoms with Gasteiger partial charge in [-0.15, -0.1) is 0 Å². The summed E-state index contributed by atoms with van der Waals surface area (Å²) in [5.41, 5.74) is 0.800. The normalized spacial score (nSPS) is 23.4. The summed E-state index contributed by atoms with van der Waals surface area (Å²) >= 11 is 0. The lowest BCUT2D eigenvalue weighted by molar-refractivity contribution is -0.130. The van der Waals surface area contributed by atoms with Gasteiger partial charge >= 0.3 is 11.9 Å². The van der Waals surface area contributed by atoms with Crippen molar-refractivity contribution in [3.8, 4) is 5.75 Å². The first kappa shape index (κ1) is 18.2. The van der Waals surface area contributed by atoms with Crippen LogP contribution in [0, 0.1) is 11.8 Å². The Bertz CT molecular complexity index is 603. The average Bonchev–Trinajstić information content (AvgIpc) is 2.55. The first-order valence-corrected chi connectivity index (χ1v) is 8.59. The molecule has 2 rings (SSSR count). The highest BCUT2D eigenvalue weighted by atomic mass is 16.5. The monoisotopic (exact) mass is 330 g/mol. The number of carbonyl (C=O) groups excluding carboxylic acids is 2. The predicted octanol–water partition coefficient (Wildman–Crippen LogP) is 4.54. The van der Waals surface area contributed by atoms with E-state index in [2.05, 4.69) is 20.4 Å². The van der Waals surface area contributed by atoms with Crippen LogP contribution in [0.25, 0.3) is 0 Å². The van der Waals surface area contributed by atoms with Crippen molar-refractivity contribution in [1.29, 1.82) is 0 Å². The van der Waals surface area contributed by atoms with Gasteiger partial charge in [-0.2, -0.15) is 0 Å². The highest BCUT2D eigenvalue weighted by Crippen LogP contribution is 2.33. The van der Waals surface area contributed by atoms with Gasteiger partial charge in [0.2, 0.25) is 0 Å². The summed E-state index contributed by atoms with van der Waals surface area (Å²) in [5, 5.41) is 0. The number of benzene rings is 1. The molecule has 0 heterocycles. The van der Waals surface area contributed by atoms with Crippen LogP contribution in [0.15, 0.2) is 36.4 Å². The Hall–Kier alpha value is -2.10. The van der Waals surface area contributed by atoms with Crippen LogP contribution in [0.3, 0.4) is 0 Å². The van der Waals surface area contributed by atoms with Crippen LogP contribution in [0.5, 0.6) is 5.75 Å². The minimum Gasteiger partial charge on any atom is -0.458 e. The van der Waals surface area contributed by atoms with Gasteiger partial charge in [-0.05, 0) is 62.3 Å². The molecule has 0 aliphatic heterocycles. The van der Waals surface area contributed by atoms with Crippen LogP contribution < -0.4 is 4.74 Å². The first-order valence-electron chi connectivity index (χ1n) is 8.59. The molecule has 24 heavy (non-hydrogen) atoms. The summed E-state index contributed by atoms with van der Waals surface area (Å²) in [6.45, 7) is 9.47. The van der Waals surface area contributed by atoms with Crippen LogP contribution in [-0.2, 0) is 9.53 Å². The van der Waals surface area contributed by atoms with Crippen molar-refractivity contribution in [2.45, 2.75) is 52.6 Å². The number of carbonyl (C=O) groups is 2. The van der Waals surface area contributed by atoms with Crippen molar-refractivity contribution in [3.05, 3.63) is 42.0 Å². The Morgan fingerprint density at radius 2 is 1.88 bits per heavy atom. The van der Waals surface area contributed by atoms with Crippen molar-refractivity contribution in [3.63, 3.8) is 0 Å². The Morgan fingerprint density at radius 3 is 2.46 bits per heavy atom. The largest absolute Gasteiger partial charge is 0.458 e. The maximum atomic E-state index is 12.4. The Labute approximate surface area is 143 Å². The van der Waals surface area contributed by atoms with Crippen molar-refractivity contribution in [2.75, 3.05) is 0 Å². The lowest BCUT2D eigenvalue weighted by Crippen LogP contribution is -2.32. The zero-order chi connectivity index (χ0) is 17.7. The SMILES string of the molecule is C=C(C)C(=O)Oc1ccc(C(=O)OC2CC(C)CCC2CC)cc1. The van der Waals surface area contributed by atoms with Crippen LogP contribution in [0.2, 0.25) is 0 Å². The summed E-state index contributed by atoms with van der Waals surface area (Å²) in [5.74, 6) is 0.630. The second-order valence-corrected chi connectivity index (χ2v) is 6.72. The lowest BCUT2D eigenvalue weighted by Gasteiger charge is -2.33. The molecule has 1 aliphatic carbocycles. The molecule has 1 fully saturated rings. The molecule has 0 amide bonds. The Balaban J connectivity index is 1.99. The molecule has 1 saturated carbocycles. The molecule has 3 atom stereocenters. The quantitative estimate of drug-likeness (QED) is 0.452. The molecule has 4 nitrogen and oxygen atoms in total. The molecule has 3 unspecified atom stereocenters. The molecule has 1 aromatic rings. The summed E-state index contributed by atoms with van der Waals surface area (Å²) < 4.78 is 10.9. The van der Waals surface area contributed by atoms with E-state index in [-0.39, 0.29) is 12.1 Å².